The Bertz CT molecular complexity index is 843. The van der Waals surface area contributed by atoms with Crippen molar-refractivity contribution >= 4 is 22.9 Å². The van der Waals surface area contributed by atoms with Crippen molar-refractivity contribution in [2.75, 3.05) is 13.1 Å². The summed E-state index contributed by atoms with van der Waals surface area (Å²) in [6.45, 7) is 4.40. The van der Waals surface area contributed by atoms with Gasteiger partial charge >= 0.3 is 6.03 Å². The van der Waals surface area contributed by atoms with E-state index in [0.29, 0.717) is 42.2 Å². The number of fused-ring (bicyclic) bond motifs is 1. The van der Waals surface area contributed by atoms with Crippen LogP contribution in [0.1, 0.15) is 56.4 Å². The largest absolute Gasteiger partial charge is 0.459 e. The van der Waals surface area contributed by atoms with E-state index in [2.05, 4.69) is 16.0 Å². The van der Waals surface area contributed by atoms with Crippen LogP contribution in [-0.2, 0) is 4.79 Å². The molecule has 3 rings (SSSR count). The Balaban J connectivity index is 1.42. The van der Waals surface area contributed by atoms with Crippen LogP contribution in [0.3, 0.4) is 0 Å². The molecule has 6 nitrogen and oxygen atoms in total. The fourth-order valence-electron chi connectivity index (χ4n) is 3.87. The molecular weight excluding hydrogens is 361 g/mol. The van der Waals surface area contributed by atoms with Crippen LogP contribution in [0, 0.1) is 18.7 Å². The number of carbonyl (C=O) groups is 2. The van der Waals surface area contributed by atoms with E-state index in [4.69, 9.17) is 4.42 Å². The van der Waals surface area contributed by atoms with Gasteiger partial charge in [0.25, 0.3) is 0 Å². The molecule has 0 spiro atoms. The molecule has 0 bridgehead atoms. The Hall–Kier alpha value is -2.57. The number of benzene rings is 1. The van der Waals surface area contributed by atoms with Crippen LogP contribution in [0.4, 0.5) is 9.18 Å². The molecule has 7 heteroatoms. The van der Waals surface area contributed by atoms with Crippen molar-refractivity contribution in [1.29, 1.82) is 0 Å². The lowest BCUT2D eigenvalue weighted by molar-refractivity contribution is -0.121. The molecule has 3 amide bonds. The third-order valence-corrected chi connectivity index (χ3v) is 5.36. The monoisotopic (exact) mass is 389 g/mol. The van der Waals surface area contributed by atoms with Gasteiger partial charge in [-0.1, -0.05) is 12.8 Å². The molecule has 0 saturated heterocycles. The molecule has 0 aliphatic heterocycles. The molecule has 1 unspecified atom stereocenters. The lowest BCUT2D eigenvalue weighted by Gasteiger charge is -2.14. The average molecular weight is 389 g/mol. The summed E-state index contributed by atoms with van der Waals surface area (Å²) < 4.78 is 19.2. The molecule has 0 radical (unpaired) electrons. The van der Waals surface area contributed by atoms with Gasteiger partial charge in [0.2, 0.25) is 5.91 Å². The maximum absolute atomic E-state index is 13.4. The first kappa shape index (κ1) is 20.2. The summed E-state index contributed by atoms with van der Waals surface area (Å²) in [5.41, 5.74) is 1.40. The normalized spacial score (nSPS) is 15.5. The van der Waals surface area contributed by atoms with Gasteiger partial charge in [-0.25, -0.2) is 9.18 Å². The first-order chi connectivity index (χ1) is 13.4. The van der Waals surface area contributed by atoms with Crippen LogP contribution < -0.4 is 16.0 Å². The van der Waals surface area contributed by atoms with Gasteiger partial charge in [-0.3, -0.25) is 4.79 Å². The molecule has 1 heterocycles. The van der Waals surface area contributed by atoms with E-state index in [9.17, 15) is 14.0 Å². The van der Waals surface area contributed by atoms with E-state index >= 15 is 0 Å². The Morgan fingerprint density at radius 3 is 2.68 bits per heavy atom. The highest BCUT2D eigenvalue weighted by molar-refractivity contribution is 5.82. The van der Waals surface area contributed by atoms with Crippen molar-refractivity contribution in [3.8, 4) is 0 Å². The van der Waals surface area contributed by atoms with E-state index in [1.807, 2.05) is 13.8 Å². The molecule has 1 atom stereocenters. The Labute approximate surface area is 164 Å². The van der Waals surface area contributed by atoms with Gasteiger partial charge in [-0.2, -0.15) is 0 Å². The minimum absolute atomic E-state index is 0.0487. The van der Waals surface area contributed by atoms with Crippen molar-refractivity contribution < 1.29 is 18.4 Å². The summed E-state index contributed by atoms with van der Waals surface area (Å²) in [6, 6.07) is 3.65. The van der Waals surface area contributed by atoms with E-state index in [-0.39, 0.29) is 23.8 Å². The van der Waals surface area contributed by atoms with Crippen molar-refractivity contribution in [2.24, 2.45) is 5.92 Å². The first-order valence-electron chi connectivity index (χ1n) is 9.93. The van der Waals surface area contributed by atoms with Crippen LogP contribution in [-0.4, -0.2) is 25.0 Å². The van der Waals surface area contributed by atoms with Crippen molar-refractivity contribution in [1.82, 2.24) is 16.0 Å². The Morgan fingerprint density at radius 1 is 1.21 bits per heavy atom. The van der Waals surface area contributed by atoms with Crippen molar-refractivity contribution in [3.63, 3.8) is 0 Å². The number of urea groups is 1. The molecule has 1 aromatic carbocycles. The number of aryl methyl sites for hydroxylation is 1. The molecule has 1 saturated carbocycles. The molecular formula is C21H28FN3O3. The zero-order chi connectivity index (χ0) is 20.1. The number of halogens is 1. The van der Waals surface area contributed by atoms with Gasteiger partial charge in [0.05, 0.1) is 6.04 Å². The average Bonchev–Trinajstić information content (AvgIpc) is 3.27. The summed E-state index contributed by atoms with van der Waals surface area (Å²) >= 11 is 0. The van der Waals surface area contributed by atoms with E-state index in [1.165, 1.54) is 25.0 Å². The number of nitrogens with one attached hydrogen (secondary N) is 3. The molecule has 1 aliphatic carbocycles. The summed E-state index contributed by atoms with van der Waals surface area (Å²) in [6.07, 6.45) is 5.30. The van der Waals surface area contributed by atoms with E-state index < -0.39 is 0 Å². The third-order valence-electron chi connectivity index (χ3n) is 5.36. The second-order valence-corrected chi connectivity index (χ2v) is 7.56. The third kappa shape index (κ3) is 5.03. The second kappa shape index (κ2) is 9.08. The standard InChI is InChI=1S/C21H28FN3O3/c1-13-17-12-16(22)7-8-18(17)28-20(13)14(2)25-21(27)24-10-9-23-19(26)11-15-5-3-4-6-15/h7-8,12,14-15H,3-6,9-11H2,1-2H3,(H,23,26)(H2,24,25,27). The maximum Gasteiger partial charge on any atom is 0.315 e. The van der Waals surface area contributed by atoms with Crippen molar-refractivity contribution in [3.05, 3.63) is 35.3 Å². The molecule has 2 aromatic rings. The summed E-state index contributed by atoms with van der Waals surface area (Å²) in [4.78, 5) is 24.0. The molecule has 3 N–H and O–H groups in total. The fourth-order valence-corrected chi connectivity index (χ4v) is 3.87. The highest BCUT2D eigenvalue weighted by atomic mass is 19.1. The highest BCUT2D eigenvalue weighted by Gasteiger charge is 2.19. The van der Waals surface area contributed by atoms with Gasteiger partial charge < -0.3 is 20.4 Å². The van der Waals surface area contributed by atoms with Gasteiger partial charge in [0.15, 0.2) is 0 Å². The number of hydrogen-bond acceptors (Lipinski definition) is 3. The smallest absolute Gasteiger partial charge is 0.315 e. The number of hydrogen-bond donors (Lipinski definition) is 3. The van der Waals surface area contributed by atoms with Crippen LogP contribution in [0.5, 0.6) is 0 Å². The number of furan rings is 1. The predicted octanol–water partition coefficient (Wildman–Crippen LogP) is 3.94. The van der Waals surface area contributed by atoms with Crippen molar-refractivity contribution in [2.45, 2.75) is 52.0 Å². The molecule has 28 heavy (non-hydrogen) atoms. The lowest BCUT2D eigenvalue weighted by atomic mass is 10.0. The zero-order valence-corrected chi connectivity index (χ0v) is 16.4. The SMILES string of the molecule is Cc1c(C(C)NC(=O)NCCNC(=O)CC2CCCC2)oc2ccc(F)cc12. The molecule has 1 fully saturated rings. The molecule has 1 aliphatic rings. The van der Waals surface area contributed by atoms with Crippen LogP contribution in [0.2, 0.25) is 0 Å². The van der Waals surface area contributed by atoms with Gasteiger partial charge in [-0.05, 0) is 50.8 Å². The predicted molar refractivity (Wildman–Crippen MR) is 105 cm³/mol. The van der Waals surface area contributed by atoms with E-state index in [0.717, 1.165) is 18.4 Å². The van der Waals surface area contributed by atoms with Crippen LogP contribution in [0.15, 0.2) is 22.6 Å². The minimum Gasteiger partial charge on any atom is -0.459 e. The maximum atomic E-state index is 13.4. The van der Waals surface area contributed by atoms with E-state index in [1.54, 1.807) is 6.07 Å². The minimum atomic E-state index is -0.368. The molecule has 152 valence electrons. The second-order valence-electron chi connectivity index (χ2n) is 7.56. The van der Waals surface area contributed by atoms with Gasteiger partial charge in [0.1, 0.15) is 17.2 Å². The Kier molecular flexibility index (Phi) is 6.54. The highest BCUT2D eigenvalue weighted by Crippen LogP contribution is 2.30. The summed E-state index contributed by atoms with van der Waals surface area (Å²) in [5, 5.41) is 9.09. The quantitative estimate of drug-likeness (QED) is 0.627. The lowest BCUT2D eigenvalue weighted by Crippen LogP contribution is -2.41. The van der Waals surface area contributed by atoms with Gasteiger partial charge in [0, 0.05) is 30.5 Å². The zero-order valence-electron chi connectivity index (χ0n) is 16.4. The summed E-state index contributed by atoms with van der Waals surface area (Å²) in [5.74, 6) is 0.835. The fraction of sp³-hybridized carbons (Fsp3) is 0.524. The number of carbonyl (C=O) groups excluding carboxylic acids is 2. The number of rotatable bonds is 7. The van der Waals surface area contributed by atoms with Crippen LogP contribution >= 0.6 is 0 Å². The molecule has 1 aromatic heterocycles. The van der Waals surface area contributed by atoms with Gasteiger partial charge in [-0.15, -0.1) is 0 Å². The Morgan fingerprint density at radius 2 is 1.93 bits per heavy atom. The summed E-state index contributed by atoms with van der Waals surface area (Å²) in [7, 11) is 0. The van der Waals surface area contributed by atoms with Crippen LogP contribution in [0.25, 0.3) is 11.0 Å². The topological polar surface area (TPSA) is 83.4 Å². The number of amides is 3. The first-order valence-corrected chi connectivity index (χ1v) is 9.93.